The monoisotopic (exact) mass is 380 g/mol. The number of benzene rings is 2. The molecule has 1 saturated heterocycles. The first-order valence-electron chi connectivity index (χ1n) is 9.69. The van der Waals surface area contributed by atoms with Crippen molar-refractivity contribution >= 4 is 12.0 Å². The van der Waals surface area contributed by atoms with Crippen molar-refractivity contribution in [2.45, 2.75) is 13.0 Å². The maximum Gasteiger partial charge on any atom is 0.263 e. The lowest BCUT2D eigenvalue weighted by Crippen LogP contribution is -2.51. The summed E-state index contributed by atoms with van der Waals surface area (Å²) in [6.45, 7) is 5.89. The van der Waals surface area contributed by atoms with Crippen LogP contribution in [0, 0.1) is 0 Å². The quantitative estimate of drug-likeness (QED) is 0.739. The van der Waals surface area contributed by atoms with Gasteiger partial charge in [-0.1, -0.05) is 48.6 Å². The highest BCUT2D eigenvalue weighted by Crippen LogP contribution is 2.20. The van der Waals surface area contributed by atoms with Crippen LogP contribution < -0.4 is 9.47 Å². The normalized spacial score (nSPS) is 16.1. The van der Waals surface area contributed by atoms with Gasteiger partial charge in [0.05, 0.1) is 7.11 Å². The third-order valence-electron chi connectivity index (χ3n) is 4.86. The molecule has 28 heavy (non-hydrogen) atoms. The summed E-state index contributed by atoms with van der Waals surface area (Å²) in [6.07, 6.45) is 3.81. The molecule has 0 aromatic heterocycles. The molecule has 1 aliphatic rings. The second kappa shape index (κ2) is 9.95. The Kier molecular flexibility index (Phi) is 7.09. The lowest BCUT2D eigenvalue weighted by atomic mass is 10.2. The summed E-state index contributed by atoms with van der Waals surface area (Å²) in [5.74, 6) is 1.39. The van der Waals surface area contributed by atoms with E-state index in [2.05, 4.69) is 29.2 Å². The van der Waals surface area contributed by atoms with E-state index in [-0.39, 0.29) is 5.91 Å². The highest BCUT2D eigenvalue weighted by Gasteiger charge is 2.25. The van der Waals surface area contributed by atoms with Crippen molar-refractivity contribution < 1.29 is 14.3 Å². The van der Waals surface area contributed by atoms with Gasteiger partial charge in [-0.15, -0.1) is 0 Å². The number of carbonyl (C=O) groups excluding carboxylic acids is 1. The van der Waals surface area contributed by atoms with Crippen LogP contribution in [0.2, 0.25) is 0 Å². The van der Waals surface area contributed by atoms with E-state index in [1.807, 2.05) is 41.3 Å². The van der Waals surface area contributed by atoms with Crippen LogP contribution in [0.3, 0.4) is 0 Å². The Morgan fingerprint density at radius 1 is 1.04 bits per heavy atom. The number of ether oxygens (including phenoxy) is 2. The first-order chi connectivity index (χ1) is 13.7. The van der Waals surface area contributed by atoms with Crippen LogP contribution in [-0.2, 0) is 4.79 Å². The average molecular weight is 380 g/mol. The molecule has 1 heterocycles. The maximum absolute atomic E-state index is 12.7. The zero-order valence-corrected chi connectivity index (χ0v) is 16.6. The van der Waals surface area contributed by atoms with E-state index in [1.54, 1.807) is 20.1 Å². The van der Waals surface area contributed by atoms with Gasteiger partial charge in [0.15, 0.2) is 6.10 Å². The molecule has 1 aliphatic heterocycles. The Labute approximate surface area is 167 Å². The summed E-state index contributed by atoms with van der Waals surface area (Å²) in [5, 5.41) is 0. The van der Waals surface area contributed by atoms with Gasteiger partial charge >= 0.3 is 0 Å². The number of amides is 1. The average Bonchev–Trinajstić information content (AvgIpc) is 2.74. The summed E-state index contributed by atoms with van der Waals surface area (Å²) in [6, 6.07) is 17.6. The predicted molar refractivity (Wildman–Crippen MR) is 112 cm³/mol. The fourth-order valence-corrected chi connectivity index (χ4v) is 3.24. The minimum Gasteiger partial charge on any atom is -0.497 e. The molecule has 1 fully saturated rings. The van der Waals surface area contributed by atoms with Crippen molar-refractivity contribution in [3.63, 3.8) is 0 Å². The number of hydrogen-bond acceptors (Lipinski definition) is 4. The molecule has 5 nitrogen and oxygen atoms in total. The van der Waals surface area contributed by atoms with Gasteiger partial charge in [-0.2, -0.15) is 0 Å². The van der Waals surface area contributed by atoms with Gasteiger partial charge in [-0.05, 0) is 24.6 Å². The predicted octanol–water partition coefficient (Wildman–Crippen LogP) is 3.32. The van der Waals surface area contributed by atoms with Crippen LogP contribution in [0.15, 0.2) is 60.7 Å². The first-order valence-corrected chi connectivity index (χ1v) is 9.69. The highest BCUT2D eigenvalue weighted by molar-refractivity contribution is 5.81. The molecule has 148 valence electrons. The topological polar surface area (TPSA) is 42.0 Å². The number of carbonyl (C=O) groups is 1. The smallest absolute Gasteiger partial charge is 0.263 e. The molecule has 0 spiro atoms. The zero-order chi connectivity index (χ0) is 19.8. The van der Waals surface area contributed by atoms with Crippen molar-refractivity contribution in [2.24, 2.45) is 0 Å². The van der Waals surface area contributed by atoms with Crippen LogP contribution in [-0.4, -0.2) is 61.6 Å². The van der Waals surface area contributed by atoms with Crippen molar-refractivity contribution in [3.05, 3.63) is 66.2 Å². The Balaban J connectivity index is 1.44. The Bertz CT molecular complexity index is 783. The highest BCUT2D eigenvalue weighted by atomic mass is 16.5. The maximum atomic E-state index is 12.7. The summed E-state index contributed by atoms with van der Waals surface area (Å²) < 4.78 is 11.0. The molecule has 0 saturated carbocycles. The van der Waals surface area contributed by atoms with Crippen molar-refractivity contribution in [3.8, 4) is 11.5 Å². The molecular weight excluding hydrogens is 352 g/mol. The molecule has 3 rings (SSSR count). The Morgan fingerprint density at radius 2 is 1.75 bits per heavy atom. The fraction of sp³-hybridized carbons (Fsp3) is 0.348. The lowest BCUT2D eigenvalue weighted by Gasteiger charge is -2.35. The van der Waals surface area contributed by atoms with Gasteiger partial charge in [0.2, 0.25) is 0 Å². The first kappa shape index (κ1) is 20.0. The van der Waals surface area contributed by atoms with Gasteiger partial charge in [-0.3, -0.25) is 9.69 Å². The number of methoxy groups -OCH3 is 1. The summed E-state index contributed by atoms with van der Waals surface area (Å²) in [7, 11) is 1.61. The molecule has 0 radical (unpaired) electrons. The van der Waals surface area contributed by atoms with E-state index in [9.17, 15) is 4.79 Å². The number of rotatable bonds is 7. The third kappa shape index (κ3) is 5.60. The van der Waals surface area contributed by atoms with Crippen LogP contribution in [0.25, 0.3) is 6.08 Å². The molecule has 2 aromatic rings. The molecule has 0 bridgehead atoms. The van der Waals surface area contributed by atoms with Gasteiger partial charge in [0, 0.05) is 38.8 Å². The summed E-state index contributed by atoms with van der Waals surface area (Å²) in [4.78, 5) is 16.9. The van der Waals surface area contributed by atoms with Gasteiger partial charge in [0.1, 0.15) is 11.5 Å². The molecule has 0 N–H and O–H groups in total. The molecule has 5 heteroatoms. The van der Waals surface area contributed by atoms with Crippen LogP contribution >= 0.6 is 0 Å². The van der Waals surface area contributed by atoms with E-state index in [1.165, 1.54) is 5.56 Å². The van der Waals surface area contributed by atoms with E-state index in [0.717, 1.165) is 32.7 Å². The Morgan fingerprint density at radius 3 is 2.46 bits per heavy atom. The van der Waals surface area contributed by atoms with Crippen molar-refractivity contribution in [2.75, 3.05) is 39.8 Å². The SMILES string of the molecule is COc1cccc(O[C@H](C)C(=O)N2CCN(C/C=C/c3ccccc3)CC2)c1. The van der Waals surface area contributed by atoms with Gasteiger partial charge in [-0.25, -0.2) is 0 Å². The summed E-state index contributed by atoms with van der Waals surface area (Å²) >= 11 is 0. The zero-order valence-electron chi connectivity index (χ0n) is 16.6. The van der Waals surface area contributed by atoms with E-state index in [0.29, 0.717) is 11.5 Å². The molecule has 2 aromatic carbocycles. The minimum absolute atomic E-state index is 0.0299. The van der Waals surface area contributed by atoms with Crippen LogP contribution in [0.4, 0.5) is 0 Å². The van der Waals surface area contributed by atoms with Crippen molar-refractivity contribution in [1.29, 1.82) is 0 Å². The number of nitrogens with zero attached hydrogens (tertiary/aromatic N) is 2. The number of hydrogen-bond donors (Lipinski definition) is 0. The van der Waals surface area contributed by atoms with E-state index >= 15 is 0 Å². The summed E-state index contributed by atoms with van der Waals surface area (Å²) in [5.41, 5.74) is 1.21. The lowest BCUT2D eigenvalue weighted by molar-refractivity contribution is -0.139. The van der Waals surface area contributed by atoms with E-state index < -0.39 is 6.10 Å². The third-order valence-corrected chi connectivity index (χ3v) is 4.86. The molecule has 0 unspecified atom stereocenters. The molecule has 1 atom stereocenters. The van der Waals surface area contributed by atoms with Crippen molar-refractivity contribution in [1.82, 2.24) is 9.80 Å². The van der Waals surface area contributed by atoms with Crippen LogP contribution in [0.1, 0.15) is 12.5 Å². The second-order valence-electron chi connectivity index (χ2n) is 6.88. The van der Waals surface area contributed by atoms with Crippen LogP contribution in [0.5, 0.6) is 11.5 Å². The fourth-order valence-electron chi connectivity index (χ4n) is 3.24. The second-order valence-corrected chi connectivity index (χ2v) is 6.88. The largest absolute Gasteiger partial charge is 0.497 e. The van der Waals surface area contributed by atoms with E-state index in [4.69, 9.17) is 9.47 Å². The minimum atomic E-state index is -0.517. The van der Waals surface area contributed by atoms with Gasteiger partial charge < -0.3 is 14.4 Å². The number of piperazine rings is 1. The molecule has 0 aliphatic carbocycles. The van der Waals surface area contributed by atoms with Gasteiger partial charge in [0.25, 0.3) is 5.91 Å². The molecule has 1 amide bonds. The molecular formula is C23H28N2O3. The Hall–Kier alpha value is -2.79. The standard InChI is InChI=1S/C23H28N2O3/c1-19(28-22-12-6-11-21(18-22)27-2)23(26)25-16-14-24(15-17-25)13-7-10-20-8-4-3-5-9-20/h3-12,18-19H,13-17H2,1-2H3/b10-7+/t19-/m1/s1.